The van der Waals surface area contributed by atoms with Gasteiger partial charge in [0.15, 0.2) is 0 Å². The van der Waals surface area contributed by atoms with Gasteiger partial charge >= 0.3 is 0 Å². The summed E-state index contributed by atoms with van der Waals surface area (Å²) in [4.78, 5) is 14.0. The van der Waals surface area contributed by atoms with Gasteiger partial charge in [0.25, 0.3) is 0 Å². The number of aryl methyl sites for hydroxylation is 1. The van der Waals surface area contributed by atoms with Crippen LogP contribution in [0.15, 0.2) is 12.4 Å². The molecule has 1 N–H and O–H groups in total. The summed E-state index contributed by atoms with van der Waals surface area (Å²) in [6, 6.07) is -0.0974. The SMILES string of the molecule is Cc1cnn(CCNC(C)C(=O)N2CCCC2)c1. The second-order valence-electron chi connectivity index (χ2n) is 4.99. The van der Waals surface area contributed by atoms with E-state index in [1.165, 1.54) is 0 Å². The number of amides is 1. The first-order chi connectivity index (χ1) is 8.66. The summed E-state index contributed by atoms with van der Waals surface area (Å²) in [5.41, 5.74) is 1.16. The largest absolute Gasteiger partial charge is 0.341 e. The van der Waals surface area contributed by atoms with Gasteiger partial charge in [-0.15, -0.1) is 0 Å². The molecule has 1 aromatic rings. The molecule has 5 nitrogen and oxygen atoms in total. The Hall–Kier alpha value is -1.36. The maximum absolute atomic E-state index is 12.0. The first-order valence-corrected chi connectivity index (χ1v) is 6.68. The first kappa shape index (κ1) is 13.1. The summed E-state index contributed by atoms with van der Waals surface area (Å²) in [6.45, 7) is 7.37. The van der Waals surface area contributed by atoms with Gasteiger partial charge in [-0.1, -0.05) is 0 Å². The van der Waals surface area contributed by atoms with Crippen molar-refractivity contribution < 1.29 is 4.79 Å². The van der Waals surface area contributed by atoms with Crippen LogP contribution in [-0.4, -0.2) is 46.3 Å². The minimum Gasteiger partial charge on any atom is -0.341 e. The van der Waals surface area contributed by atoms with Gasteiger partial charge in [0.2, 0.25) is 5.91 Å². The van der Waals surface area contributed by atoms with E-state index in [9.17, 15) is 4.79 Å². The second kappa shape index (κ2) is 6.00. The highest BCUT2D eigenvalue weighted by molar-refractivity contribution is 5.81. The van der Waals surface area contributed by atoms with Gasteiger partial charge in [0.1, 0.15) is 0 Å². The quantitative estimate of drug-likeness (QED) is 0.840. The number of hydrogen-bond acceptors (Lipinski definition) is 3. The molecule has 18 heavy (non-hydrogen) atoms. The zero-order valence-electron chi connectivity index (χ0n) is 11.2. The Balaban J connectivity index is 1.70. The summed E-state index contributed by atoms with van der Waals surface area (Å²) in [6.07, 6.45) is 6.14. The monoisotopic (exact) mass is 250 g/mol. The average molecular weight is 250 g/mol. The third kappa shape index (κ3) is 3.32. The van der Waals surface area contributed by atoms with Crippen molar-refractivity contribution in [3.8, 4) is 0 Å². The lowest BCUT2D eigenvalue weighted by atomic mass is 10.3. The molecule has 1 fully saturated rings. The molecule has 100 valence electrons. The molecule has 0 aliphatic carbocycles. The van der Waals surface area contributed by atoms with E-state index < -0.39 is 0 Å². The molecule has 0 saturated carbocycles. The van der Waals surface area contributed by atoms with Crippen LogP contribution < -0.4 is 5.32 Å². The Labute approximate surface area is 108 Å². The second-order valence-corrected chi connectivity index (χ2v) is 4.99. The van der Waals surface area contributed by atoms with Crippen molar-refractivity contribution in [2.24, 2.45) is 0 Å². The lowest BCUT2D eigenvalue weighted by Crippen LogP contribution is -2.44. The Morgan fingerprint density at radius 1 is 1.50 bits per heavy atom. The van der Waals surface area contributed by atoms with Gasteiger partial charge in [-0.25, -0.2) is 0 Å². The van der Waals surface area contributed by atoms with Crippen LogP contribution in [0.25, 0.3) is 0 Å². The van der Waals surface area contributed by atoms with Gasteiger partial charge < -0.3 is 10.2 Å². The molecule has 2 heterocycles. The maximum atomic E-state index is 12.0. The van der Waals surface area contributed by atoms with Crippen LogP contribution in [0.1, 0.15) is 25.3 Å². The van der Waals surface area contributed by atoms with Crippen molar-refractivity contribution in [3.63, 3.8) is 0 Å². The van der Waals surface area contributed by atoms with E-state index in [1.807, 2.05) is 35.8 Å². The van der Waals surface area contributed by atoms with E-state index >= 15 is 0 Å². The van der Waals surface area contributed by atoms with E-state index in [4.69, 9.17) is 0 Å². The summed E-state index contributed by atoms with van der Waals surface area (Å²) in [5, 5.41) is 7.48. The van der Waals surface area contributed by atoms with Crippen molar-refractivity contribution in [2.45, 2.75) is 39.3 Å². The van der Waals surface area contributed by atoms with Crippen LogP contribution in [-0.2, 0) is 11.3 Å². The Kier molecular flexibility index (Phi) is 4.36. The molecule has 0 radical (unpaired) electrons. The molecule has 1 saturated heterocycles. The normalized spacial score (nSPS) is 17.1. The lowest BCUT2D eigenvalue weighted by Gasteiger charge is -2.21. The van der Waals surface area contributed by atoms with Crippen LogP contribution in [0.2, 0.25) is 0 Å². The van der Waals surface area contributed by atoms with Crippen LogP contribution in [0, 0.1) is 6.92 Å². The lowest BCUT2D eigenvalue weighted by molar-refractivity contribution is -0.131. The standard InChI is InChI=1S/C13H22N4O/c1-11-9-15-17(10-11)8-5-14-12(2)13(18)16-6-3-4-7-16/h9-10,12,14H,3-8H2,1-2H3. The minimum atomic E-state index is -0.0974. The molecule has 1 aliphatic rings. The summed E-state index contributed by atoms with van der Waals surface area (Å²) in [7, 11) is 0. The van der Waals surface area contributed by atoms with Crippen LogP contribution in [0.3, 0.4) is 0 Å². The zero-order valence-corrected chi connectivity index (χ0v) is 11.2. The molecule has 5 heteroatoms. The molecule has 0 aromatic carbocycles. The number of carbonyl (C=O) groups excluding carboxylic acids is 1. The van der Waals surface area contributed by atoms with Gasteiger partial charge in [-0.05, 0) is 32.3 Å². The molecule has 1 unspecified atom stereocenters. The fourth-order valence-electron chi connectivity index (χ4n) is 2.28. The van der Waals surface area contributed by atoms with Gasteiger partial charge in [-0.3, -0.25) is 9.48 Å². The minimum absolute atomic E-state index is 0.0974. The maximum Gasteiger partial charge on any atom is 0.239 e. The Bertz CT molecular complexity index is 395. The molecular formula is C13H22N4O. The first-order valence-electron chi connectivity index (χ1n) is 6.68. The number of likely N-dealkylation sites (tertiary alicyclic amines) is 1. The molecule has 1 amide bonds. The highest BCUT2D eigenvalue weighted by Gasteiger charge is 2.22. The molecule has 2 rings (SSSR count). The van der Waals surface area contributed by atoms with Crippen molar-refractivity contribution in [2.75, 3.05) is 19.6 Å². The van der Waals surface area contributed by atoms with E-state index in [1.54, 1.807) is 0 Å². The third-order valence-electron chi connectivity index (χ3n) is 3.34. The number of nitrogens with zero attached hydrogens (tertiary/aromatic N) is 3. The number of carbonyl (C=O) groups is 1. The number of rotatable bonds is 5. The van der Waals surface area contributed by atoms with Crippen molar-refractivity contribution in [1.82, 2.24) is 20.0 Å². The highest BCUT2D eigenvalue weighted by atomic mass is 16.2. The third-order valence-corrected chi connectivity index (χ3v) is 3.34. The zero-order chi connectivity index (χ0) is 13.0. The molecule has 0 bridgehead atoms. The van der Waals surface area contributed by atoms with E-state index in [0.29, 0.717) is 0 Å². The Morgan fingerprint density at radius 3 is 2.83 bits per heavy atom. The van der Waals surface area contributed by atoms with Crippen molar-refractivity contribution >= 4 is 5.91 Å². The Morgan fingerprint density at radius 2 is 2.22 bits per heavy atom. The fraction of sp³-hybridized carbons (Fsp3) is 0.692. The average Bonchev–Trinajstić information content (AvgIpc) is 2.99. The molecule has 1 atom stereocenters. The topological polar surface area (TPSA) is 50.2 Å². The number of nitrogens with one attached hydrogen (secondary N) is 1. The van der Waals surface area contributed by atoms with Crippen molar-refractivity contribution in [3.05, 3.63) is 18.0 Å². The molecule has 1 aliphatic heterocycles. The van der Waals surface area contributed by atoms with E-state index in [0.717, 1.165) is 44.6 Å². The number of aromatic nitrogens is 2. The summed E-state index contributed by atoms with van der Waals surface area (Å²) in [5.74, 6) is 0.226. The highest BCUT2D eigenvalue weighted by Crippen LogP contribution is 2.08. The molecular weight excluding hydrogens is 228 g/mol. The molecule has 1 aromatic heterocycles. The van der Waals surface area contributed by atoms with E-state index in [-0.39, 0.29) is 11.9 Å². The van der Waals surface area contributed by atoms with Crippen LogP contribution in [0.5, 0.6) is 0 Å². The van der Waals surface area contributed by atoms with Gasteiger partial charge in [0.05, 0.1) is 18.8 Å². The fourth-order valence-corrected chi connectivity index (χ4v) is 2.28. The smallest absolute Gasteiger partial charge is 0.239 e. The van der Waals surface area contributed by atoms with Gasteiger partial charge in [0, 0.05) is 25.8 Å². The summed E-state index contributed by atoms with van der Waals surface area (Å²) < 4.78 is 1.90. The van der Waals surface area contributed by atoms with Crippen LogP contribution in [0.4, 0.5) is 0 Å². The van der Waals surface area contributed by atoms with Crippen LogP contribution >= 0.6 is 0 Å². The molecule has 0 spiro atoms. The van der Waals surface area contributed by atoms with Gasteiger partial charge in [-0.2, -0.15) is 5.10 Å². The van der Waals surface area contributed by atoms with E-state index in [2.05, 4.69) is 10.4 Å². The predicted molar refractivity (Wildman–Crippen MR) is 70.2 cm³/mol. The summed E-state index contributed by atoms with van der Waals surface area (Å²) >= 11 is 0. The number of hydrogen-bond donors (Lipinski definition) is 1. The van der Waals surface area contributed by atoms with Crippen molar-refractivity contribution in [1.29, 1.82) is 0 Å². The predicted octanol–water partition coefficient (Wildman–Crippen LogP) is 0.792.